The molecule has 7 nitrogen and oxygen atoms in total. The largest absolute Gasteiger partial charge is 0.382 e. The predicted molar refractivity (Wildman–Crippen MR) is 117 cm³/mol. The van der Waals surface area contributed by atoms with Crippen molar-refractivity contribution in [3.63, 3.8) is 0 Å². The van der Waals surface area contributed by atoms with Crippen LogP contribution in [-0.2, 0) is 13.0 Å². The maximum absolute atomic E-state index is 15.5. The van der Waals surface area contributed by atoms with E-state index in [1.165, 1.54) is 4.88 Å². The average molecular weight is 420 g/mol. The van der Waals surface area contributed by atoms with Gasteiger partial charge in [-0.2, -0.15) is 0 Å². The van der Waals surface area contributed by atoms with Gasteiger partial charge in [-0.25, -0.2) is 20.8 Å². The van der Waals surface area contributed by atoms with E-state index < -0.39 is 0 Å². The summed E-state index contributed by atoms with van der Waals surface area (Å²) in [6, 6.07) is 3.64. The fraction of sp³-hybridized carbons (Fsp3) is 0.500. The Morgan fingerprint density at radius 1 is 1.31 bits per heavy atom. The SMILES string of the molecule is Cc1cnc(CN2CCN(c3c(/C(N)=N/NN)ccc(CC(C)C)c3F)CC2)s1. The van der Waals surface area contributed by atoms with E-state index in [1.54, 1.807) is 17.4 Å². The van der Waals surface area contributed by atoms with Crippen LogP contribution in [0.3, 0.4) is 0 Å². The molecule has 1 aliphatic heterocycles. The topological polar surface area (TPSA) is 95.8 Å². The quantitative estimate of drug-likeness (QED) is 0.276. The van der Waals surface area contributed by atoms with Crippen molar-refractivity contribution in [2.75, 3.05) is 31.1 Å². The maximum Gasteiger partial charge on any atom is 0.154 e. The Kier molecular flexibility index (Phi) is 7.05. The second-order valence-corrected chi connectivity index (χ2v) is 9.11. The third-order valence-electron chi connectivity index (χ3n) is 5.00. The van der Waals surface area contributed by atoms with Crippen LogP contribution in [0.4, 0.5) is 10.1 Å². The number of nitrogens with two attached hydrogens (primary N) is 2. The fourth-order valence-corrected chi connectivity index (χ4v) is 4.47. The molecule has 1 aromatic carbocycles. The van der Waals surface area contributed by atoms with E-state index in [2.05, 4.69) is 46.2 Å². The Bertz CT molecular complexity index is 857. The molecule has 9 heteroatoms. The van der Waals surface area contributed by atoms with Gasteiger partial charge in [-0.1, -0.05) is 19.9 Å². The van der Waals surface area contributed by atoms with Crippen LogP contribution in [0.2, 0.25) is 0 Å². The zero-order chi connectivity index (χ0) is 21.0. The number of anilines is 1. The van der Waals surface area contributed by atoms with Crippen LogP contribution in [0.1, 0.15) is 34.9 Å². The number of hydrazone groups is 1. The summed E-state index contributed by atoms with van der Waals surface area (Å²) in [7, 11) is 0. The summed E-state index contributed by atoms with van der Waals surface area (Å²) in [5, 5.41) is 4.98. The highest BCUT2D eigenvalue weighted by Gasteiger charge is 2.25. The molecule has 2 aromatic rings. The smallest absolute Gasteiger partial charge is 0.154 e. The Morgan fingerprint density at radius 3 is 2.62 bits per heavy atom. The van der Waals surface area contributed by atoms with Crippen molar-refractivity contribution in [3.05, 3.63) is 45.2 Å². The van der Waals surface area contributed by atoms with Crippen LogP contribution in [0.25, 0.3) is 0 Å². The highest BCUT2D eigenvalue weighted by Crippen LogP contribution is 2.30. The molecule has 2 heterocycles. The molecule has 0 unspecified atom stereocenters. The highest BCUT2D eigenvalue weighted by molar-refractivity contribution is 7.11. The van der Waals surface area contributed by atoms with Gasteiger partial charge >= 0.3 is 0 Å². The van der Waals surface area contributed by atoms with Crippen LogP contribution < -0.4 is 22.0 Å². The minimum absolute atomic E-state index is 0.179. The first-order valence-electron chi connectivity index (χ1n) is 9.88. The molecule has 1 saturated heterocycles. The molecule has 0 bridgehead atoms. The van der Waals surface area contributed by atoms with Gasteiger partial charge in [-0.15, -0.1) is 16.4 Å². The molecule has 0 aliphatic carbocycles. The highest BCUT2D eigenvalue weighted by atomic mass is 32.1. The van der Waals surface area contributed by atoms with E-state index in [9.17, 15) is 0 Å². The van der Waals surface area contributed by atoms with Crippen LogP contribution in [0.15, 0.2) is 23.4 Å². The normalized spacial score (nSPS) is 15.9. The lowest BCUT2D eigenvalue weighted by Gasteiger charge is -2.37. The third-order valence-corrected chi connectivity index (χ3v) is 5.90. The molecule has 1 fully saturated rings. The number of amidine groups is 1. The average Bonchev–Trinajstić information content (AvgIpc) is 3.08. The number of hydrogen-bond acceptors (Lipinski definition) is 7. The van der Waals surface area contributed by atoms with Gasteiger partial charge in [-0.3, -0.25) is 4.90 Å². The van der Waals surface area contributed by atoms with E-state index in [4.69, 9.17) is 11.6 Å². The molecule has 0 saturated carbocycles. The molecular weight excluding hydrogens is 389 g/mol. The van der Waals surface area contributed by atoms with Gasteiger partial charge < -0.3 is 10.6 Å². The summed E-state index contributed by atoms with van der Waals surface area (Å²) in [5.74, 6) is 5.61. The van der Waals surface area contributed by atoms with E-state index in [0.29, 0.717) is 42.2 Å². The van der Waals surface area contributed by atoms with Crippen LogP contribution >= 0.6 is 11.3 Å². The van der Waals surface area contributed by atoms with Crippen molar-refractivity contribution in [1.82, 2.24) is 15.4 Å². The van der Waals surface area contributed by atoms with Crippen molar-refractivity contribution in [2.45, 2.75) is 33.7 Å². The van der Waals surface area contributed by atoms with Crippen molar-refractivity contribution < 1.29 is 4.39 Å². The minimum Gasteiger partial charge on any atom is -0.382 e. The minimum atomic E-state index is -0.213. The number of nitrogens with one attached hydrogen (secondary N) is 1. The molecule has 29 heavy (non-hydrogen) atoms. The fourth-order valence-electron chi connectivity index (χ4n) is 3.64. The molecule has 1 aromatic heterocycles. The zero-order valence-electron chi connectivity index (χ0n) is 17.3. The Morgan fingerprint density at radius 2 is 2.03 bits per heavy atom. The molecule has 0 radical (unpaired) electrons. The second kappa shape index (κ2) is 9.51. The van der Waals surface area contributed by atoms with Gasteiger partial charge in [0.2, 0.25) is 0 Å². The number of piperazine rings is 1. The second-order valence-electron chi connectivity index (χ2n) is 7.79. The summed E-state index contributed by atoms with van der Waals surface area (Å²) >= 11 is 1.72. The first-order valence-corrected chi connectivity index (χ1v) is 10.7. The summed E-state index contributed by atoms with van der Waals surface area (Å²) in [6.07, 6.45) is 2.58. The van der Waals surface area contributed by atoms with E-state index >= 15 is 4.39 Å². The van der Waals surface area contributed by atoms with Gasteiger partial charge in [0.25, 0.3) is 0 Å². The molecule has 0 atom stereocenters. The molecular formula is C20H30FN7S. The number of rotatable bonds is 7. The van der Waals surface area contributed by atoms with Gasteiger partial charge in [0.15, 0.2) is 5.84 Å². The molecule has 158 valence electrons. The van der Waals surface area contributed by atoms with Crippen molar-refractivity contribution in [3.8, 4) is 0 Å². The number of halogens is 1. The molecule has 3 rings (SSSR count). The summed E-state index contributed by atoms with van der Waals surface area (Å²) in [6.45, 7) is 10.1. The standard InChI is InChI=1S/C20H30FN7S/c1-13(2)10-15-4-5-16(20(22)25-26-23)19(18(15)21)28-8-6-27(7-9-28)12-17-24-11-14(3)29-17/h4-5,11,13,26H,6-10,12,23H2,1-3H3,(H2,22,25). The maximum atomic E-state index is 15.5. The number of hydrazine groups is 1. The summed E-state index contributed by atoms with van der Waals surface area (Å²) < 4.78 is 15.5. The Labute approximate surface area is 175 Å². The van der Waals surface area contributed by atoms with Crippen LogP contribution in [0.5, 0.6) is 0 Å². The monoisotopic (exact) mass is 419 g/mol. The third kappa shape index (κ3) is 5.23. The number of nitrogens with zero attached hydrogens (tertiary/aromatic N) is 4. The van der Waals surface area contributed by atoms with Gasteiger partial charge in [0.05, 0.1) is 12.2 Å². The first-order chi connectivity index (χ1) is 13.9. The number of thiazole rings is 1. The Hall–Kier alpha value is -2.23. The van der Waals surface area contributed by atoms with Crippen molar-refractivity contribution >= 4 is 22.9 Å². The molecule has 5 N–H and O–H groups in total. The first kappa shape index (κ1) is 21.5. The number of hydrogen-bond donors (Lipinski definition) is 3. The van der Waals surface area contributed by atoms with Gasteiger partial charge in [0.1, 0.15) is 10.8 Å². The van der Waals surface area contributed by atoms with Crippen LogP contribution in [-0.4, -0.2) is 41.9 Å². The van der Waals surface area contributed by atoms with E-state index in [0.717, 1.165) is 24.6 Å². The van der Waals surface area contributed by atoms with E-state index in [1.807, 2.05) is 12.3 Å². The van der Waals surface area contributed by atoms with Crippen molar-refractivity contribution in [1.29, 1.82) is 0 Å². The predicted octanol–water partition coefficient (Wildman–Crippen LogP) is 2.19. The zero-order valence-corrected chi connectivity index (χ0v) is 18.1. The lowest BCUT2D eigenvalue weighted by Crippen LogP contribution is -2.47. The van der Waals surface area contributed by atoms with Crippen molar-refractivity contribution in [2.24, 2.45) is 22.6 Å². The van der Waals surface area contributed by atoms with Gasteiger partial charge in [-0.05, 0) is 30.9 Å². The number of benzene rings is 1. The number of aromatic nitrogens is 1. The number of aryl methyl sites for hydroxylation is 1. The summed E-state index contributed by atoms with van der Waals surface area (Å²) in [5.41, 5.74) is 10.1. The lowest BCUT2D eigenvalue weighted by atomic mass is 9.98. The molecule has 0 amide bonds. The summed E-state index contributed by atoms with van der Waals surface area (Å²) in [4.78, 5) is 10.1. The Balaban J connectivity index is 1.81. The van der Waals surface area contributed by atoms with Gasteiger partial charge in [0, 0.05) is 42.8 Å². The van der Waals surface area contributed by atoms with Crippen LogP contribution in [0, 0.1) is 18.7 Å². The van der Waals surface area contributed by atoms with E-state index in [-0.39, 0.29) is 11.7 Å². The lowest BCUT2D eigenvalue weighted by molar-refractivity contribution is 0.249. The molecule has 0 spiro atoms. The molecule has 1 aliphatic rings.